The summed E-state index contributed by atoms with van der Waals surface area (Å²) in [5.41, 5.74) is 0.395. The molecule has 4 amide bonds. The van der Waals surface area contributed by atoms with Gasteiger partial charge in [-0.05, 0) is 17.0 Å². The van der Waals surface area contributed by atoms with Crippen LogP contribution < -0.4 is 10.6 Å². The molecule has 6 heteroatoms. The Kier molecular flexibility index (Phi) is 5.78. The summed E-state index contributed by atoms with van der Waals surface area (Å²) in [6.45, 7) is 4.17. The zero-order valence-corrected chi connectivity index (χ0v) is 16.1. The number of amides is 4. The number of carbonyl (C=O) groups is 3. The predicted molar refractivity (Wildman–Crippen MR) is 106 cm³/mol. The molecule has 0 radical (unpaired) electrons. The fourth-order valence-electron chi connectivity index (χ4n) is 3.33. The quantitative estimate of drug-likeness (QED) is 0.726. The topological polar surface area (TPSA) is 78.5 Å². The van der Waals surface area contributed by atoms with Gasteiger partial charge in [0.25, 0.3) is 5.91 Å². The number of urea groups is 1. The minimum absolute atomic E-state index is 0.286. The first-order valence-electron chi connectivity index (χ1n) is 9.42. The van der Waals surface area contributed by atoms with Gasteiger partial charge in [0.05, 0.1) is 0 Å². The maximum Gasteiger partial charge on any atom is 0.325 e. The van der Waals surface area contributed by atoms with Crippen LogP contribution in [0.4, 0.5) is 4.79 Å². The lowest BCUT2D eigenvalue weighted by atomic mass is 9.83. The number of rotatable bonds is 7. The molecule has 0 bridgehead atoms. The maximum atomic E-state index is 13.4. The van der Waals surface area contributed by atoms with Crippen LogP contribution in [0.1, 0.15) is 25.0 Å². The minimum Gasteiger partial charge on any atom is -0.354 e. The van der Waals surface area contributed by atoms with Gasteiger partial charge in [-0.1, -0.05) is 74.5 Å². The molecule has 0 spiro atoms. The molecule has 6 nitrogen and oxygen atoms in total. The molecule has 0 aromatic heterocycles. The van der Waals surface area contributed by atoms with E-state index in [4.69, 9.17) is 0 Å². The monoisotopic (exact) mass is 379 g/mol. The Bertz CT molecular complexity index is 852. The molecule has 2 aromatic carbocycles. The molecule has 0 saturated carbocycles. The number of imide groups is 1. The standard InChI is InChI=1S/C22H25N3O3/c1-16(2)14-23-19(26)15-25-20(27)22(24-21(25)28,18-11-7-4-8-12-18)13-17-9-5-3-6-10-17/h3-12,16H,13-15H2,1-2H3,(H,23,26)(H,24,28)/t22-/m0/s1. The van der Waals surface area contributed by atoms with E-state index in [0.29, 0.717) is 18.5 Å². The van der Waals surface area contributed by atoms with Crippen molar-refractivity contribution in [1.82, 2.24) is 15.5 Å². The summed E-state index contributed by atoms with van der Waals surface area (Å²) >= 11 is 0. The summed E-state index contributed by atoms with van der Waals surface area (Å²) in [4.78, 5) is 39.3. The molecule has 2 N–H and O–H groups in total. The molecule has 2 aromatic rings. The highest BCUT2D eigenvalue weighted by molar-refractivity contribution is 6.09. The van der Waals surface area contributed by atoms with Gasteiger partial charge in [0, 0.05) is 13.0 Å². The first kappa shape index (κ1) is 19.6. The van der Waals surface area contributed by atoms with Crippen molar-refractivity contribution in [3.8, 4) is 0 Å². The molecule has 0 aliphatic carbocycles. The van der Waals surface area contributed by atoms with E-state index in [2.05, 4.69) is 10.6 Å². The number of nitrogens with one attached hydrogen (secondary N) is 2. The Balaban J connectivity index is 1.89. The van der Waals surface area contributed by atoms with Gasteiger partial charge in [0.2, 0.25) is 5.91 Å². The Morgan fingerprint density at radius 1 is 1.04 bits per heavy atom. The summed E-state index contributed by atoms with van der Waals surface area (Å²) in [7, 11) is 0. The van der Waals surface area contributed by atoms with Crippen molar-refractivity contribution in [2.45, 2.75) is 25.8 Å². The van der Waals surface area contributed by atoms with Crippen molar-refractivity contribution in [3.05, 3.63) is 71.8 Å². The van der Waals surface area contributed by atoms with Crippen LogP contribution in [0.3, 0.4) is 0 Å². The summed E-state index contributed by atoms with van der Waals surface area (Å²) in [5.74, 6) is -0.471. The molecule has 0 unspecified atom stereocenters. The molecule has 1 atom stereocenters. The van der Waals surface area contributed by atoms with Gasteiger partial charge in [-0.15, -0.1) is 0 Å². The van der Waals surface area contributed by atoms with Gasteiger partial charge in [-0.25, -0.2) is 4.79 Å². The van der Waals surface area contributed by atoms with Crippen molar-refractivity contribution < 1.29 is 14.4 Å². The van der Waals surface area contributed by atoms with Crippen LogP contribution in [0, 0.1) is 5.92 Å². The fourth-order valence-corrected chi connectivity index (χ4v) is 3.33. The summed E-state index contributed by atoms with van der Waals surface area (Å²) < 4.78 is 0. The van der Waals surface area contributed by atoms with Crippen LogP contribution >= 0.6 is 0 Å². The zero-order valence-electron chi connectivity index (χ0n) is 16.1. The highest BCUT2D eigenvalue weighted by atomic mass is 16.2. The minimum atomic E-state index is -1.22. The van der Waals surface area contributed by atoms with Crippen molar-refractivity contribution in [2.75, 3.05) is 13.1 Å². The Morgan fingerprint density at radius 2 is 1.64 bits per heavy atom. The van der Waals surface area contributed by atoms with Crippen LogP contribution in [-0.4, -0.2) is 35.8 Å². The molecule has 1 aliphatic rings. The zero-order chi connectivity index (χ0) is 20.1. The average Bonchev–Trinajstić information content (AvgIpc) is 2.93. The third-order valence-corrected chi connectivity index (χ3v) is 4.76. The second-order valence-electron chi connectivity index (χ2n) is 7.45. The van der Waals surface area contributed by atoms with E-state index in [-0.39, 0.29) is 18.4 Å². The van der Waals surface area contributed by atoms with Crippen molar-refractivity contribution >= 4 is 17.8 Å². The first-order chi connectivity index (χ1) is 13.4. The summed E-state index contributed by atoms with van der Waals surface area (Å²) in [6.07, 6.45) is 0.312. The Labute approximate surface area is 164 Å². The second-order valence-corrected chi connectivity index (χ2v) is 7.45. The highest BCUT2D eigenvalue weighted by Crippen LogP contribution is 2.32. The molecule has 1 heterocycles. The van der Waals surface area contributed by atoms with Gasteiger partial charge >= 0.3 is 6.03 Å². The van der Waals surface area contributed by atoms with Crippen molar-refractivity contribution in [1.29, 1.82) is 0 Å². The smallest absolute Gasteiger partial charge is 0.325 e. The first-order valence-corrected chi connectivity index (χ1v) is 9.42. The van der Waals surface area contributed by atoms with E-state index in [1.165, 1.54) is 0 Å². The van der Waals surface area contributed by atoms with E-state index < -0.39 is 17.5 Å². The summed E-state index contributed by atoms with van der Waals surface area (Å²) in [6, 6.07) is 18.1. The van der Waals surface area contributed by atoms with Crippen LogP contribution in [0.15, 0.2) is 60.7 Å². The Morgan fingerprint density at radius 3 is 2.25 bits per heavy atom. The molecule has 1 aliphatic heterocycles. The number of benzene rings is 2. The number of carbonyl (C=O) groups excluding carboxylic acids is 3. The SMILES string of the molecule is CC(C)CNC(=O)CN1C(=O)N[C@@](Cc2ccccc2)(c2ccccc2)C1=O. The van der Waals surface area contributed by atoms with Crippen LogP contribution in [0.2, 0.25) is 0 Å². The molecule has 3 rings (SSSR count). The fraction of sp³-hybridized carbons (Fsp3) is 0.318. The second kappa shape index (κ2) is 8.25. The van der Waals surface area contributed by atoms with Gasteiger partial charge < -0.3 is 10.6 Å². The third-order valence-electron chi connectivity index (χ3n) is 4.76. The van der Waals surface area contributed by atoms with E-state index in [1.807, 2.05) is 74.5 Å². The number of nitrogens with zero attached hydrogens (tertiary/aromatic N) is 1. The third kappa shape index (κ3) is 4.06. The lowest BCUT2D eigenvalue weighted by molar-refractivity contribution is -0.135. The number of hydrogen-bond donors (Lipinski definition) is 2. The van der Waals surface area contributed by atoms with Crippen molar-refractivity contribution in [2.24, 2.45) is 5.92 Å². The largest absolute Gasteiger partial charge is 0.354 e. The van der Waals surface area contributed by atoms with Gasteiger partial charge in [0.15, 0.2) is 5.54 Å². The molecular weight excluding hydrogens is 354 g/mol. The lowest BCUT2D eigenvalue weighted by Gasteiger charge is -2.27. The molecule has 1 fully saturated rings. The van der Waals surface area contributed by atoms with E-state index in [0.717, 1.165) is 10.5 Å². The van der Waals surface area contributed by atoms with E-state index in [9.17, 15) is 14.4 Å². The van der Waals surface area contributed by atoms with E-state index in [1.54, 1.807) is 0 Å². The van der Waals surface area contributed by atoms with Gasteiger partial charge in [0.1, 0.15) is 6.54 Å². The van der Waals surface area contributed by atoms with E-state index >= 15 is 0 Å². The molecular formula is C22H25N3O3. The average molecular weight is 379 g/mol. The number of hydrogen-bond acceptors (Lipinski definition) is 3. The van der Waals surface area contributed by atoms with Crippen LogP contribution in [-0.2, 0) is 21.5 Å². The molecule has 1 saturated heterocycles. The normalized spacial score (nSPS) is 19.0. The predicted octanol–water partition coefficient (Wildman–Crippen LogP) is 2.45. The van der Waals surface area contributed by atoms with Gasteiger partial charge in [-0.2, -0.15) is 0 Å². The highest BCUT2D eigenvalue weighted by Gasteiger charge is 2.52. The molecule has 28 heavy (non-hydrogen) atoms. The van der Waals surface area contributed by atoms with Crippen LogP contribution in [0.25, 0.3) is 0 Å². The lowest BCUT2D eigenvalue weighted by Crippen LogP contribution is -2.47. The maximum absolute atomic E-state index is 13.4. The van der Waals surface area contributed by atoms with Crippen molar-refractivity contribution in [3.63, 3.8) is 0 Å². The summed E-state index contributed by atoms with van der Waals surface area (Å²) in [5, 5.41) is 5.61. The van der Waals surface area contributed by atoms with Gasteiger partial charge in [-0.3, -0.25) is 14.5 Å². The molecule has 146 valence electrons. The van der Waals surface area contributed by atoms with Crippen LogP contribution in [0.5, 0.6) is 0 Å². The Hall–Kier alpha value is -3.15.